The lowest BCUT2D eigenvalue weighted by molar-refractivity contribution is -0.141. The van der Waals surface area contributed by atoms with Crippen LogP contribution in [0, 0.1) is 0 Å². The molecule has 0 bridgehead atoms. The Bertz CT molecular complexity index is 517. The van der Waals surface area contributed by atoms with Gasteiger partial charge in [-0.1, -0.05) is 6.07 Å². The van der Waals surface area contributed by atoms with Crippen LogP contribution in [0.1, 0.15) is 24.4 Å². The number of pyridine rings is 1. The number of aromatic nitrogens is 1. The van der Waals surface area contributed by atoms with Gasteiger partial charge in [0.25, 0.3) is 0 Å². The average molecular weight is 319 g/mol. The van der Waals surface area contributed by atoms with Gasteiger partial charge in [-0.3, -0.25) is 14.7 Å². The predicted molar refractivity (Wildman–Crippen MR) is 86.0 cm³/mol. The first-order valence-electron chi connectivity index (χ1n) is 8.19. The molecule has 0 radical (unpaired) electrons. The lowest BCUT2D eigenvalue weighted by Gasteiger charge is -2.52. The van der Waals surface area contributed by atoms with Crippen molar-refractivity contribution in [2.45, 2.75) is 31.0 Å². The van der Waals surface area contributed by atoms with Gasteiger partial charge in [-0.05, 0) is 24.5 Å². The Morgan fingerprint density at radius 3 is 2.74 bits per heavy atom. The highest BCUT2D eigenvalue weighted by atomic mass is 16.5. The summed E-state index contributed by atoms with van der Waals surface area (Å²) in [5.41, 5.74) is 1.21. The third kappa shape index (κ3) is 3.39. The standard InChI is InChI=1S/C17H25N3O3/c1-22-12-16(21)19-8-5-14(6-9-19)20-11-15(23-2)17(20)13-4-3-7-18-10-13/h3-4,7,10,14-15,17H,5-6,8-9,11-12H2,1-2H3. The molecule has 0 aliphatic carbocycles. The predicted octanol–water partition coefficient (Wildman–Crippen LogP) is 1.09. The summed E-state index contributed by atoms with van der Waals surface area (Å²) < 4.78 is 10.6. The van der Waals surface area contributed by atoms with E-state index in [0.717, 1.165) is 32.5 Å². The van der Waals surface area contributed by atoms with E-state index in [9.17, 15) is 4.79 Å². The molecule has 2 unspecified atom stereocenters. The number of piperidine rings is 1. The van der Waals surface area contributed by atoms with Gasteiger partial charge in [-0.2, -0.15) is 0 Å². The van der Waals surface area contributed by atoms with Crippen molar-refractivity contribution in [1.29, 1.82) is 0 Å². The summed E-state index contributed by atoms with van der Waals surface area (Å²) in [6, 6.07) is 4.87. The molecule has 1 aromatic rings. The Hall–Kier alpha value is -1.50. The van der Waals surface area contributed by atoms with Gasteiger partial charge in [0, 0.05) is 52.3 Å². The van der Waals surface area contributed by atoms with Crippen molar-refractivity contribution >= 4 is 5.91 Å². The highest BCUT2D eigenvalue weighted by Crippen LogP contribution is 2.39. The summed E-state index contributed by atoms with van der Waals surface area (Å²) in [6.07, 6.45) is 5.96. The number of methoxy groups -OCH3 is 2. The maximum absolute atomic E-state index is 11.9. The summed E-state index contributed by atoms with van der Waals surface area (Å²) in [5, 5.41) is 0. The second-order valence-electron chi connectivity index (χ2n) is 6.25. The molecule has 0 N–H and O–H groups in total. The van der Waals surface area contributed by atoms with E-state index in [1.165, 1.54) is 5.56 Å². The molecule has 2 saturated heterocycles. The molecule has 2 fully saturated rings. The van der Waals surface area contributed by atoms with Crippen LogP contribution in [0.15, 0.2) is 24.5 Å². The van der Waals surface area contributed by atoms with Crippen molar-refractivity contribution in [1.82, 2.24) is 14.8 Å². The average Bonchev–Trinajstić information content (AvgIpc) is 2.56. The monoisotopic (exact) mass is 319 g/mol. The van der Waals surface area contributed by atoms with Gasteiger partial charge in [0.2, 0.25) is 5.91 Å². The van der Waals surface area contributed by atoms with E-state index in [0.29, 0.717) is 6.04 Å². The maximum Gasteiger partial charge on any atom is 0.248 e. The zero-order valence-electron chi connectivity index (χ0n) is 13.9. The van der Waals surface area contributed by atoms with E-state index in [4.69, 9.17) is 9.47 Å². The van der Waals surface area contributed by atoms with Crippen LogP contribution < -0.4 is 0 Å². The lowest BCUT2D eigenvalue weighted by Crippen LogP contribution is -2.60. The molecule has 2 atom stereocenters. The number of hydrogen-bond donors (Lipinski definition) is 0. The Kier molecular flexibility index (Phi) is 5.25. The van der Waals surface area contributed by atoms with Crippen molar-refractivity contribution in [2.75, 3.05) is 40.5 Å². The fourth-order valence-electron chi connectivity index (χ4n) is 3.70. The molecule has 0 saturated carbocycles. The van der Waals surface area contributed by atoms with Gasteiger partial charge >= 0.3 is 0 Å². The Balaban J connectivity index is 1.61. The number of nitrogens with zero attached hydrogens (tertiary/aromatic N) is 3. The van der Waals surface area contributed by atoms with Gasteiger partial charge in [0.05, 0.1) is 12.1 Å². The van der Waals surface area contributed by atoms with Gasteiger partial charge in [0.15, 0.2) is 0 Å². The number of carbonyl (C=O) groups is 1. The molecular weight excluding hydrogens is 294 g/mol. The van der Waals surface area contributed by atoms with Crippen molar-refractivity contribution < 1.29 is 14.3 Å². The van der Waals surface area contributed by atoms with Gasteiger partial charge in [0.1, 0.15) is 6.61 Å². The molecule has 0 spiro atoms. The summed E-state index contributed by atoms with van der Waals surface area (Å²) in [4.78, 5) is 20.6. The Labute approximate surface area is 137 Å². The SMILES string of the molecule is COCC(=O)N1CCC(N2CC(OC)C2c2cccnc2)CC1. The smallest absolute Gasteiger partial charge is 0.248 e. The minimum Gasteiger partial charge on any atom is -0.378 e. The van der Waals surface area contributed by atoms with E-state index in [-0.39, 0.29) is 24.7 Å². The van der Waals surface area contributed by atoms with Gasteiger partial charge < -0.3 is 14.4 Å². The molecule has 23 heavy (non-hydrogen) atoms. The minimum atomic E-state index is 0.0909. The summed E-state index contributed by atoms with van der Waals surface area (Å²) in [7, 11) is 3.34. The number of carbonyl (C=O) groups excluding carboxylic acids is 1. The summed E-state index contributed by atoms with van der Waals surface area (Å²) in [6.45, 7) is 2.74. The minimum absolute atomic E-state index is 0.0909. The van der Waals surface area contributed by atoms with Crippen LogP contribution in [-0.2, 0) is 14.3 Å². The molecule has 0 aromatic carbocycles. The maximum atomic E-state index is 11.9. The molecular formula is C17H25N3O3. The molecule has 2 aliphatic heterocycles. The first-order chi connectivity index (χ1) is 11.2. The number of ether oxygens (including phenoxy) is 2. The largest absolute Gasteiger partial charge is 0.378 e. The zero-order chi connectivity index (χ0) is 16.2. The van der Waals surface area contributed by atoms with Crippen LogP contribution in [0.4, 0.5) is 0 Å². The van der Waals surface area contributed by atoms with E-state index in [1.807, 2.05) is 17.2 Å². The van der Waals surface area contributed by atoms with Gasteiger partial charge in [-0.15, -0.1) is 0 Å². The second kappa shape index (κ2) is 7.38. The molecule has 2 aliphatic rings. The van der Waals surface area contributed by atoms with Crippen molar-refractivity contribution in [2.24, 2.45) is 0 Å². The number of likely N-dealkylation sites (tertiary alicyclic amines) is 2. The zero-order valence-corrected chi connectivity index (χ0v) is 13.9. The first kappa shape index (κ1) is 16.4. The van der Waals surface area contributed by atoms with Crippen LogP contribution in [0.5, 0.6) is 0 Å². The molecule has 3 rings (SSSR count). The topological polar surface area (TPSA) is 54.9 Å². The Morgan fingerprint density at radius 1 is 1.35 bits per heavy atom. The molecule has 1 aromatic heterocycles. The van der Waals surface area contributed by atoms with Crippen LogP contribution in [0.2, 0.25) is 0 Å². The molecule has 126 valence electrons. The molecule has 1 amide bonds. The van der Waals surface area contributed by atoms with Crippen LogP contribution in [0.25, 0.3) is 0 Å². The van der Waals surface area contributed by atoms with E-state index < -0.39 is 0 Å². The highest BCUT2D eigenvalue weighted by Gasteiger charge is 2.44. The number of amides is 1. The van der Waals surface area contributed by atoms with E-state index in [2.05, 4.69) is 16.0 Å². The third-order valence-electron chi connectivity index (χ3n) is 4.98. The van der Waals surface area contributed by atoms with Crippen LogP contribution in [0.3, 0.4) is 0 Å². The highest BCUT2D eigenvalue weighted by molar-refractivity contribution is 5.77. The summed E-state index contributed by atoms with van der Waals surface area (Å²) in [5.74, 6) is 0.0909. The fraction of sp³-hybridized carbons (Fsp3) is 0.647. The van der Waals surface area contributed by atoms with Crippen molar-refractivity contribution in [3.8, 4) is 0 Å². The first-order valence-corrected chi connectivity index (χ1v) is 8.19. The summed E-state index contributed by atoms with van der Waals surface area (Å²) >= 11 is 0. The molecule has 3 heterocycles. The van der Waals surface area contributed by atoms with Crippen LogP contribution in [-0.4, -0.2) is 73.3 Å². The quantitative estimate of drug-likeness (QED) is 0.813. The normalized spacial score (nSPS) is 26.1. The number of hydrogen-bond acceptors (Lipinski definition) is 5. The fourth-order valence-corrected chi connectivity index (χ4v) is 3.70. The second-order valence-corrected chi connectivity index (χ2v) is 6.25. The Morgan fingerprint density at radius 2 is 2.13 bits per heavy atom. The van der Waals surface area contributed by atoms with E-state index in [1.54, 1.807) is 20.4 Å². The lowest BCUT2D eigenvalue weighted by atomic mass is 9.87. The van der Waals surface area contributed by atoms with E-state index >= 15 is 0 Å². The molecule has 6 nitrogen and oxygen atoms in total. The molecule has 6 heteroatoms. The van der Waals surface area contributed by atoms with Gasteiger partial charge in [-0.25, -0.2) is 0 Å². The number of rotatable bonds is 5. The van der Waals surface area contributed by atoms with Crippen molar-refractivity contribution in [3.05, 3.63) is 30.1 Å². The van der Waals surface area contributed by atoms with Crippen LogP contribution >= 0.6 is 0 Å². The van der Waals surface area contributed by atoms with Crippen molar-refractivity contribution in [3.63, 3.8) is 0 Å². The third-order valence-corrected chi connectivity index (χ3v) is 4.98.